The number of nitrogens with one attached hydrogen (secondary N) is 3. The maximum atomic E-state index is 12.2. The second-order valence-electron chi connectivity index (χ2n) is 9.25. The summed E-state index contributed by atoms with van der Waals surface area (Å²) in [5.74, 6) is 0.703. The van der Waals surface area contributed by atoms with E-state index in [2.05, 4.69) is 30.5 Å². The van der Waals surface area contributed by atoms with Crippen molar-refractivity contribution < 1.29 is 9.59 Å². The lowest BCUT2D eigenvalue weighted by Gasteiger charge is -2.06. The van der Waals surface area contributed by atoms with Crippen LogP contribution in [0.5, 0.6) is 0 Å². The minimum atomic E-state index is 0.0300. The molecule has 1 aliphatic carbocycles. The van der Waals surface area contributed by atoms with Crippen molar-refractivity contribution in [2.75, 3.05) is 5.32 Å². The third kappa shape index (κ3) is 3.93. The number of fused-ring (bicyclic) bond motifs is 2. The van der Waals surface area contributed by atoms with Gasteiger partial charge in [0.25, 0.3) is 0 Å². The Kier molecular flexibility index (Phi) is 5.11. The van der Waals surface area contributed by atoms with E-state index in [1.807, 2.05) is 36.4 Å². The van der Waals surface area contributed by atoms with Gasteiger partial charge in [-0.25, -0.2) is 15.0 Å². The fourth-order valence-electron chi connectivity index (χ4n) is 4.36. The van der Waals surface area contributed by atoms with Crippen LogP contribution in [-0.2, 0) is 4.79 Å². The standard InChI is InChI=1S/C27H20N8O2S/c1-13(36)20-6-7-21(38-20)17-8-9-29-25-22(17)32-26(33-25)24-23-19(34-35-24)5-4-18(31-23)15-10-16(12-28-11-15)30-27(37)14-2-3-14/h4-12,14H,2-3H2,1H3,(H,30,37)(H,34,35)(H,29,32,33). The molecular weight excluding hydrogens is 500 g/mol. The number of rotatable bonds is 6. The van der Waals surface area contributed by atoms with Gasteiger partial charge in [0.15, 0.2) is 22.9 Å². The van der Waals surface area contributed by atoms with Gasteiger partial charge in [-0.15, -0.1) is 11.3 Å². The predicted octanol–water partition coefficient (Wildman–Crippen LogP) is 5.24. The van der Waals surface area contributed by atoms with Crippen molar-refractivity contribution in [2.24, 2.45) is 5.92 Å². The number of aromatic nitrogens is 7. The Morgan fingerprint density at radius 2 is 1.97 bits per heavy atom. The largest absolute Gasteiger partial charge is 0.335 e. The van der Waals surface area contributed by atoms with E-state index < -0.39 is 0 Å². The minimum Gasteiger partial charge on any atom is -0.335 e. The second-order valence-corrected chi connectivity index (χ2v) is 10.3. The molecule has 1 saturated carbocycles. The predicted molar refractivity (Wildman–Crippen MR) is 145 cm³/mol. The van der Waals surface area contributed by atoms with E-state index in [9.17, 15) is 9.59 Å². The van der Waals surface area contributed by atoms with Gasteiger partial charge in [0, 0.05) is 34.3 Å². The maximum absolute atomic E-state index is 12.2. The summed E-state index contributed by atoms with van der Waals surface area (Å²) < 4.78 is 0. The highest BCUT2D eigenvalue weighted by Crippen LogP contribution is 2.35. The van der Waals surface area contributed by atoms with Crippen LogP contribution in [0.2, 0.25) is 0 Å². The van der Waals surface area contributed by atoms with Crippen LogP contribution in [0.25, 0.3) is 55.4 Å². The number of nitrogens with zero attached hydrogens (tertiary/aromatic N) is 5. The molecule has 38 heavy (non-hydrogen) atoms. The molecule has 1 aliphatic rings. The normalized spacial score (nSPS) is 13.3. The van der Waals surface area contributed by atoms with E-state index in [0.717, 1.165) is 39.9 Å². The van der Waals surface area contributed by atoms with Crippen LogP contribution in [0.15, 0.2) is 55.0 Å². The summed E-state index contributed by atoms with van der Waals surface area (Å²) in [6.45, 7) is 1.56. The van der Waals surface area contributed by atoms with Crippen molar-refractivity contribution in [3.8, 4) is 33.2 Å². The lowest BCUT2D eigenvalue weighted by Crippen LogP contribution is -2.13. The highest BCUT2D eigenvalue weighted by atomic mass is 32.1. The quantitative estimate of drug-likeness (QED) is 0.255. The Bertz CT molecular complexity index is 1880. The smallest absolute Gasteiger partial charge is 0.227 e. The first kappa shape index (κ1) is 22.4. The molecule has 7 rings (SSSR count). The Morgan fingerprint density at radius 1 is 1.08 bits per heavy atom. The molecule has 6 heterocycles. The fourth-order valence-corrected chi connectivity index (χ4v) is 5.30. The van der Waals surface area contributed by atoms with Crippen LogP contribution in [0.3, 0.4) is 0 Å². The molecule has 6 aromatic heterocycles. The number of Topliss-reactive ketones (excluding diaryl/α,β-unsaturated/α-hetero) is 1. The number of imidazole rings is 1. The highest BCUT2D eigenvalue weighted by molar-refractivity contribution is 7.17. The summed E-state index contributed by atoms with van der Waals surface area (Å²) in [6, 6.07) is 11.3. The number of amides is 1. The van der Waals surface area contributed by atoms with E-state index >= 15 is 0 Å². The molecular formula is C27H20N8O2S. The number of carbonyl (C=O) groups is 2. The number of hydrogen-bond donors (Lipinski definition) is 3. The van der Waals surface area contributed by atoms with E-state index in [4.69, 9.17) is 9.97 Å². The summed E-state index contributed by atoms with van der Waals surface area (Å²) in [6.07, 6.45) is 6.93. The first-order chi connectivity index (χ1) is 18.5. The molecule has 1 fully saturated rings. The number of ketones is 1. The van der Waals surface area contributed by atoms with Crippen molar-refractivity contribution >= 4 is 50.9 Å². The fraction of sp³-hybridized carbons (Fsp3) is 0.148. The third-order valence-corrected chi connectivity index (χ3v) is 7.71. The zero-order valence-corrected chi connectivity index (χ0v) is 21.0. The number of aromatic amines is 2. The van der Waals surface area contributed by atoms with Crippen molar-refractivity contribution in [3.05, 3.63) is 59.9 Å². The van der Waals surface area contributed by atoms with E-state index in [1.165, 1.54) is 11.3 Å². The Labute approximate surface area is 219 Å². The van der Waals surface area contributed by atoms with Gasteiger partial charge < -0.3 is 10.3 Å². The minimum absolute atomic E-state index is 0.0300. The lowest BCUT2D eigenvalue weighted by atomic mass is 10.1. The highest BCUT2D eigenvalue weighted by Gasteiger charge is 2.29. The zero-order valence-electron chi connectivity index (χ0n) is 20.1. The van der Waals surface area contributed by atoms with Crippen LogP contribution in [-0.4, -0.2) is 46.8 Å². The molecule has 0 unspecified atom stereocenters. The molecule has 0 aliphatic heterocycles. The average Bonchev–Trinajstić information content (AvgIpc) is 3.32. The zero-order chi connectivity index (χ0) is 25.8. The van der Waals surface area contributed by atoms with Gasteiger partial charge in [-0.1, -0.05) is 0 Å². The number of anilines is 1. The summed E-state index contributed by atoms with van der Waals surface area (Å²) >= 11 is 1.44. The van der Waals surface area contributed by atoms with E-state index in [1.54, 1.807) is 25.5 Å². The van der Waals surface area contributed by atoms with Crippen LogP contribution in [0.1, 0.15) is 29.4 Å². The number of hydrogen-bond acceptors (Lipinski definition) is 8. The van der Waals surface area contributed by atoms with Gasteiger partial charge in [-0.2, -0.15) is 5.10 Å². The van der Waals surface area contributed by atoms with Crippen LogP contribution >= 0.6 is 11.3 Å². The summed E-state index contributed by atoms with van der Waals surface area (Å²) in [5.41, 5.74) is 6.30. The van der Waals surface area contributed by atoms with Crippen LogP contribution in [0, 0.1) is 5.92 Å². The molecule has 0 radical (unpaired) electrons. The summed E-state index contributed by atoms with van der Waals surface area (Å²) in [7, 11) is 0. The van der Waals surface area contributed by atoms with Gasteiger partial charge in [-0.3, -0.25) is 19.7 Å². The number of H-pyrrole nitrogens is 2. The van der Waals surface area contributed by atoms with Crippen molar-refractivity contribution in [1.29, 1.82) is 0 Å². The molecule has 6 aromatic rings. The molecule has 0 atom stereocenters. The van der Waals surface area contributed by atoms with Crippen molar-refractivity contribution in [2.45, 2.75) is 19.8 Å². The van der Waals surface area contributed by atoms with Crippen LogP contribution < -0.4 is 5.32 Å². The topological polar surface area (TPSA) is 142 Å². The molecule has 10 nitrogen and oxygen atoms in total. The molecule has 0 spiro atoms. The number of pyridine rings is 3. The molecule has 11 heteroatoms. The maximum Gasteiger partial charge on any atom is 0.227 e. The Hall–Kier alpha value is -4.77. The van der Waals surface area contributed by atoms with Gasteiger partial charge >= 0.3 is 0 Å². The Morgan fingerprint density at radius 3 is 2.79 bits per heavy atom. The van der Waals surface area contributed by atoms with Gasteiger partial charge in [-0.05, 0) is 56.2 Å². The summed E-state index contributed by atoms with van der Waals surface area (Å²) in [5, 5.41) is 10.4. The first-order valence-electron chi connectivity index (χ1n) is 12.1. The number of carbonyl (C=O) groups excluding carboxylic acids is 2. The molecule has 3 N–H and O–H groups in total. The summed E-state index contributed by atoms with van der Waals surface area (Å²) in [4.78, 5) is 47.3. The lowest BCUT2D eigenvalue weighted by molar-refractivity contribution is -0.117. The second kappa shape index (κ2) is 8.67. The third-order valence-electron chi connectivity index (χ3n) is 6.49. The average molecular weight is 521 g/mol. The van der Waals surface area contributed by atoms with Gasteiger partial charge in [0.05, 0.1) is 33.5 Å². The first-order valence-corrected chi connectivity index (χ1v) is 12.9. The van der Waals surface area contributed by atoms with Crippen molar-refractivity contribution in [1.82, 2.24) is 35.1 Å². The molecule has 0 bridgehead atoms. The molecule has 0 saturated heterocycles. The van der Waals surface area contributed by atoms with E-state index in [0.29, 0.717) is 38.9 Å². The monoisotopic (exact) mass is 520 g/mol. The Balaban J connectivity index is 1.27. The molecule has 0 aromatic carbocycles. The van der Waals surface area contributed by atoms with Gasteiger partial charge in [0.2, 0.25) is 5.91 Å². The van der Waals surface area contributed by atoms with Gasteiger partial charge in [0.1, 0.15) is 5.52 Å². The molecule has 186 valence electrons. The van der Waals surface area contributed by atoms with E-state index in [-0.39, 0.29) is 17.6 Å². The van der Waals surface area contributed by atoms with Crippen molar-refractivity contribution in [3.63, 3.8) is 0 Å². The number of thiophene rings is 1. The molecule has 1 amide bonds. The van der Waals surface area contributed by atoms with Crippen LogP contribution in [0.4, 0.5) is 5.69 Å². The SMILES string of the molecule is CC(=O)c1ccc(-c2ccnc3nc(-c4n[nH]c5ccc(-c6cncc(NC(=O)C7CC7)c6)nc45)[nH]c23)s1.